The van der Waals surface area contributed by atoms with Gasteiger partial charge in [0.2, 0.25) is 0 Å². The molecule has 1 unspecified atom stereocenters. The molecule has 0 aliphatic heterocycles. The van der Waals surface area contributed by atoms with Crippen molar-refractivity contribution in [3.63, 3.8) is 0 Å². The summed E-state index contributed by atoms with van der Waals surface area (Å²) in [5.74, 6) is 0.0844. The molecule has 0 saturated heterocycles. The quantitative estimate of drug-likeness (QED) is 0.0449. The lowest BCUT2D eigenvalue weighted by molar-refractivity contribution is -0.162. The Balaban J connectivity index is 5.87. The maximum atomic E-state index is 13.3. The molecule has 0 fully saturated rings. The number of carbonyl (C=O) groups excluding carboxylic acids is 2. The predicted octanol–water partition coefficient (Wildman–Crippen LogP) is 8.91. The summed E-state index contributed by atoms with van der Waals surface area (Å²) in [5, 5.41) is 0.220. The summed E-state index contributed by atoms with van der Waals surface area (Å²) >= 11 is 0. The molecule has 8 nitrogen and oxygen atoms in total. The van der Waals surface area contributed by atoms with Crippen molar-refractivity contribution in [1.82, 2.24) is 4.90 Å². The molecular formula is C38H77NO7Si2. The van der Waals surface area contributed by atoms with Gasteiger partial charge in [-0.25, -0.2) is 0 Å². The summed E-state index contributed by atoms with van der Waals surface area (Å²) in [6, 6.07) is -0.557. The van der Waals surface area contributed by atoms with Gasteiger partial charge in [0, 0.05) is 33.2 Å². The number of rotatable bonds is 23. The fraction of sp³-hybridized carbons (Fsp3) is 0.895. The minimum Gasteiger partial charge on any atom is -0.460 e. The van der Waals surface area contributed by atoms with Gasteiger partial charge in [-0.05, 0) is 100 Å². The molecule has 0 amide bonds. The van der Waals surface area contributed by atoms with Crippen molar-refractivity contribution in [2.75, 3.05) is 41.5 Å². The van der Waals surface area contributed by atoms with Crippen LogP contribution in [0.1, 0.15) is 101 Å². The van der Waals surface area contributed by atoms with Crippen LogP contribution in [0.2, 0.25) is 36.3 Å². The second-order valence-electron chi connectivity index (χ2n) is 17.5. The third-order valence-electron chi connectivity index (χ3n) is 11.1. The number of hydrogen-bond acceptors (Lipinski definition) is 8. The van der Waals surface area contributed by atoms with Crippen LogP contribution in [0.15, 0.2) is 11.6 Å². The first-order valence-corrected chi connectivity index (χ1v) is 24.0. The van der Waals surface area contributed by atoms with Crippen molar-refractivity contribution >= 4 is 28.9 Å². The Morgan fingerprint density at radius 3 is 1.88 bits per heavy atom. The number of nitrogens with zero attached hydrogens (tertiary/aromatic N) is 1. The molecule has 0 aliphatic rings. The first-order chi connectivity index (χ1) is 21.9. The van der Waals surface area contributed by atoms with Gasteiger partial charge in [0.15, 0.2) is 16.6 Å². The second-order valence-corrected chi connectivity index (χ2v) is 27.0. The average molecular weight is 716 g/mol. The highest BCUT2D eigenvalue weighted by Gasteiger charge is 2.44. The molecule has 10 heteroatoms. The fourth-order valence-corrected chi connectivity index (χ4v) is 7.77. The summed E-state index contributed by atoms with van der Waals surface area (Å²) in [6.45, 7) is 32.5. The Morgan fingerprint density at radius 2 is 1.42 bits per heavy atom. The van der Waals surface area contributed by atoms with Crippen molar-refractivity contribution in [1.29, 1.82) is 0 Å². The van der Waals surface area contributed by atoms with E-state index in [0.29, 0.717) is 5.92 Å². The van der Waals surface area contributed by atoms with Gasteiger partial charge in [0.1, 0.15) is 18.4 Å². The number of hydrogen-bond donors (Lipinski definition) is 0. The van der Waals surface area contributed by atoms with Crippen LogP contribution in [0, 0.1) is 17.8 Å². The molecule has 0 bridgehead atoms. The molecule has 0 aliphatic carbocycles. The molecule has 0 aromatic carbocycles. The molecule has 0 saturated carbocycles. The van der Waals surface area contributed by atoms with E-state index in [-0.39, 0.29) is 53.1 Å². The Hall–Kier alpha value is -0.886. The van der Waals surface area contributed by atoms with Crippen LogP contribution >= 0.6 is 0 Å². The van der Waals surface area contributed by atoms with E-state index in [1.165, 1.54) is 5.57 Å². The van der Waals surface area contributed by atoms with Crippen molar-refractivity contribution < 1.29 is 32.7 Å². The topological polar surface area (TPSA) is 83.5 Å². The number of carbonyl (C=O) groups is 2. The first kappa shape index (κ1) is 47.1. The summed E-state index contributed by atoms with van der Waals surface area (Å²) in [4.78, 5) is 26.9. The molecule has 0 aromatic rings. The van der Waals surface area contributed by atoms with Crippen LogP contribution in [0.5, 0.6) is 0 Å². The lowest BCUT2D eigenvalue weighted by Crippen LogP contribution is -2.50. The Kier molecular flexibility index (Phi) is 20.5. The second kappa shape index (κ2) is 20.8. The van der Waals surface area contributed by atoms with E-state index in [4.69, 9.17) is 23.1 Å². The zero-order valence-electron chi connectivity index (χ0n) is 34.5. The lowest BCUT2D eigenvalue weighted by Gasteiger charge is -2.44. The summed E-state index contributed by atoms with van der Waals surface area (Å²) < 4.78 is 30.9. The minimum absolute atomic E-state index is 0.00316. The van der Waals surface area contributed by atoms with Gasteiger partial charge in [0.25, 0.3) is 0 Å². The highest BCUT2D eigenvalue weighted by Crippen LogP contribution is 2.41. The van der Waals surface area contributed by atoms with E-state index in [0.717, 1.165) is 38.6 Å². The Bertz CT molecular complexity index is 971. The Morgan fingerprint density at radius 1 is 0.854 bits per heavy atom. The molecule has 284 valence electrons. The average Bonchev–Trinajstić information content (AvgIpc) is 2.95. The third-order valence-corrected chi connectivity index (χ3v) is 20.1. The van der Waals surface area contributed by atoms with Gasteiger partial charge in [0.05, 0.1) is 18.8 Å². The number of allylic oxidation sites excluding steroid dienone is 1. The Labute approximate surface area is 298 Å². The monoisotopic (exact) mass is 716 g/mol. The van der Waals surface area contributed by atoms with Gasteiger partial charge >= 0.3 is 5.97 Å². The van der Waals surface area contributed by atoms with E-state index < -0.39 is 28.8 Å². The van der Waals surface area contributed by atoms with Crippen LogP contribution < -0.4 is 0 Å². The lowest BCUT2D eigenvalue weighted by atomic mass is 9.84. The minimum atomic E-state index is -2.21. The van der Waals surface area contributed by atoms with Crippen LogP contribution in [0.25, 0.3) is 0 Å². The number of methoxy groups -OCH3 is 2. The smallest absolute Gasteiger partial charge is 0.326 e. The number of ether oxygens (including phenoxy) is 3. The molecule has 0 radical (unpaired) electrons. The zero-order valence-corrected chi connectivity index (χ0v) is 36.5. The van der Waals surface area contributed by atoms with Crippen molar-refractivity contribution in [2.45, 2.75) is 162 Å². The number of aldehydes is 1. The highest BCUT2D eigenvalue weighted by molar-refractivity contribution is 6.74. The first-order valence-electron chi connectivity index (χ1n) is 18.2. The van der Waals surface area contributed by atoms with E-state index in [1.54, 1.807) is 19.1 Å². The molecule has 0 spiro atoms. The third kappa shape index (κ3) is 15.6. The van der Waals surface area contributed by atoms with Gasteiger partial charge in [-0.1, -0.05) is 68.4 Å². The van der Waals surface area contributed by atoms with Crippen LogP contribution in [0.4, 0.5) is 0 Å². The van der Waals surface area contributed by atoms with Crippen LogP contribution in [-0.2, 0) is 32.7 Å². The molecular weight excluding hydrogens is 639 g/mol. The largest absolute Gasteiger partial charge is 0.460 e. The van der Waals surface area contributed by atoms with Crippen LogP contribution in [0.3, 0.4) is 0 Å². The summed E-state index contributed by atoms with van der Waals surface area (Å²) in [6.07, 6.45) is 6.25. The molecule has 0 heterocycles. The molecule has 0 aromatic heterocycles. The van der Waals surface area contributed by atoms with E-state index >= 15 is 0 Å². The maximum Gasteiger partial charge on any atom is 0.326 e. The molecule has 0 N–H and O–H groups in total. The number of likely N-dealkylation sites (N-methyl/N-ethyl adjacent to an activating group) is 1. The van der Waals surface area contributed by atoms with Gasteiger partial charge in [-0.15, -0.1) is 0 Å². The molecule has 7 atom stereocenters. The summed E-state index contributed by atoms with van der Waals surface area (Å²) in [5.41, 5.74) is 1.25. The molecule has 48 heavy (non-hydrogen) atoms. The molecule has 0 rings (SSSR count). The van der Waals surface area contributed by atoms with Crippen molar-refractivity contribution in [3.8, 4) is 0 Å². The highest BCUT2D eigenvalue weighted by atomic mass is 28.4. The predicted molar refractivity (Wildman–Crippen MR) is 206 cm³/mol. The zero-order chi connectivity index (χ0) is 37.7. The normalized spacial score (nSPS) is 18.2. The number of esters is 1. The standard InChI is InChI=1S/C38H77NO7Si2/c1-28(24-26-44-47(15,16)37(5,6)7)19-20-29(2)33(43-14)22-21-30(3)35(46-48(17,18)38(8,9)10)31(4)34(23-25-40)45-36(41)32(27-42-13)39(11)12/h20,25,28,30-35H,19,21-24,26-27H2,1-18H3/b29-20+/t28-,30-,31-,32?,33+,34-,35-/m1/s1. The van der Waals surface area contributed by atoms with E-state index in [9.17, 15) is 9.59 Å². The van der Waals surface area contributed by atoms with Gasteiger partial charge in [-0.2, -0.15) is 0 Å². The van der Waals surface area contributed by atoms with Crippen molar-refractivity contribution in [3.05, 3.63) is 11.6 Å². The maximum absolute atomic E-state index is 13.3. The van der Waals surface area contributed by atoms with E-state index in [2.05, 4.69) is 102 Å². The SMILES string of the molecule is COCC(C(=O)O[C@H](CC=O)[C@@H](C)[C@H](O[Si](C)(C)C(C)(C)C)[C@H](C)CC[C@H](OC)/C(C)=C/C[C@@H](C)CCO[Si](C)(C)C(C)(C)C)N(C)C. The van der Waals surface area contributed by atoms with E-state index in [1.807, 2.05) is 14.1 Å². The summed E-state index contributed by atoms with van der Waals surface area (Å²) in [7, 11) is 3.06. The van der Waals surface area contributed by atoms with Crippen LogP contribution in [-0.4, -0.2) is 99.7 Å². The fourth-order valence-electron chi connectivity index (χ4n) is 5.23. The van der Waals surface area contributed by atoms with Gasteiger partial charge < -0.3 is 27.9 Å². The van der Waals surface area contributed by atoms with Crippen molar-refractivity contribution in [2.24, 2.45) is 17.8 Å². The van der Waals surface area contributed by atoms with Gasteiger partial charge in [-0.3, -0.25) is 9.69 Å².